The lowest BCUT2D eigenvalue weighted by Crippen LogP contribution is -2.27. The Bertz CT molecular complexity index is 940. The van der Waals surface area contributed by atoms with E-state index in [4.69, 9.17) is 4.84 Å². The van der Waals surface area contributed by atoms with Crippen LogP contribution in [0.5, 0.6) is 5.88 Å². The Labute approximate surface area is 168 Å². The van der Waals surface area contributed by atoms with E-state index in [0.29, 0.717) is 4.68 Å². The van der Waals surface area contributed by atoms with Crippen LogP contribution in [-0.2, 0) is 32.1 Å². The second-order valence-electron chi connectivity index (χ2n) is 8.39. The molecule has 0 saturated carbocycles. The maximum absolute atomic E-state index is 13.6. The molecule has 1 aromatic heterocycles. The smallest absolute Gasteiger partial charge is 0.435 e. The summed E-state index contributed by atoms with van der Waals surface area (Å²) in [5, 5.41) is 6.27. The summed E-state index contributed by atoms with van der Waals surface area (Å²) in [4.78, 5) is 4.94. The van der Waals surface area contributed by atoms with Crippen LogP contribution < -0.4 is 4.74 Å². The molecule has 0 N–H and O–H groups in total. The summed E-state index contributed by atoms with van der Waals surface area (Å²) < 4.78 is 109. The predicted octanol–water partition coefficient (Wildman–Crippen LogP) is 4.03. The van der Waals surface area contributed by atoms with Gasteiger partial charge in [0.2, 0.25) is 5.88 Å². The van der Waals surface area contributed by atoms with Gasteiger partial charge in [-0.15, -0.1) is 0 Å². The molecule has 1 aromatic rings. The SMILES string of the molecule is CC1(C)CC(S(=O)(=O)Cc2c(C(F)(F)F)nn(C(C)(C)C)c2OCC(F)(F)F)=NO1. The fraction of sp³-hybridized carbons (Fsp3) is 0.750. The van der Waals surface area contributed by atoms with E-state index >= 15 is 0 Å². The molecule has 30 heavy (non-hydrogen) atoms. The second-order valence-corrected chi connectivity index (χ2v) is 10.4. The number of hydrogen-bond donors (Lipinski definition) is 0. The Kier molecular flexibility index (Phi) is 5.91. The number of aromatic nitrogens is 2. The largest absolute Gasteiger partial charge is 0.468 e. The fourth-order valence-corrected chi connectivity index (χ4v) is 4.11. The average molecular weight is 465 g/mol. The number of rotatable bonds is 4. The van der Waals surface area contributed by atoms with Gasteiger partial charge in [-0.3, -0.25) is 0 Å². The highest BCUT2D eigenvalue weighted by molar-refractivity contribution is 8.05. The van der Waals surface area contributed by atoms with Crippen LogP contribution in [0.3, 0.4) is 0 Å². The first-order valence-corrected chi connectivity index (χ1v) is 10.3. The lowest BCUT2D eigenvalue weighted by Gasteiger charge is -2.23. The first kappa shape index (κ1) is 24.3. The van der Waals surface area contributed by atoms with Gasteiger partial charge in [0.25, 0.3) is 0 Å². The highest BCUT2D eigenvalue weighted by atomic mass is 32.2. The van der Waals surface area contributed by atoms with Crippen LogP contribution >= 0.6 is 0 Å². The number of oxime groups is 1. The Morgan fingerprint density at radius 3 is 2.10 bits per heavy atom. The first-order valence-electron chi connectivity index (χ1n) is 8.60. The summed E-state index contributed by atoms with van der Waals surface area (Å²) in [6, 6.07) is 0. The summed E-state index contributed by atoms with van der Waals surface area (Å²) in [5.74, 6) is -2.22. The maximum Gasteiger partial charge on any atom is 0.435 e. The van der Waals surface area contributed by atoms with Crippen molar-refractivity contribution in [3.8, 4) is 5.88 Å². The van der Waals surface area contributed by atoms with Crippen molar-refractivity contribution >= 4 is 14.9 Å². The third-order valence-corrected chi connectivity index (χ3v) is 5.48. The molecule has 14 heteroatoms. The van der Waals surface area contributed by atoms with E-state index in [1.54, 1.807) is 0 Å². The van der Waals surface area contributed by atoms with Gasteiger partial charge in [-0.25, -0.2) is 13.1 Å². The van der Waals surface area contributed by atoms with Gasteiger partial charge >= 0.3 is 12.4 Å². The van der Waals surface area contributed by atoms with Crippen LogP contribution in [0.4, 0.5) is 26.3 Å². The minimum absolute atomic E-state index is 0.206. The van der Waals surface area contributed by atoms with Gasteiger partial charge in [-0.05, 0) is 34.6 Å². The highest BCUT2D eigenvalue weighted by Crippen LogP contribution is 2.40. The maximum atomic E-state index is 13.6. The fourth-order valence-electron chi connectivity index (χ4n) is 2.59. The molecule has 0 spiro atoms. The van der Waals surface area contributed by atoms with Crippen LogP contribution in [-0.4, -0.2) is 41.6 Å². The lowest BCUT2D eigenvalue weighted by atomic mass is 10.1. The van der Waals surface area contributed by atoms with Crippen molar-refractivity contribution < 1.29 is 44.3 Å². The summed E-state index contributed by atoms with van der Waals surface area (Å²) in [5.41, 5.74) is -4.88. The molecule has 0 unspecified atom stereocenters. The van der Waals surface area contributed by atoms with Crippen molar-refractivity contribution in [2.24, 2.45) is 5.16 Å². The average Bonchev–Trinajstić information content (AvgIpc) is 3.04. The molecule has 7 nitrogen and oxygen atoms in total. The molecule has 172 valence electrons. The number of nitrogens with zero attached hydrogens (tertiary/aromatic N) is 3. The molecule has 0 amide bonds. The second kappa shape index (κ2) is 7.31. The Morgan fingerprint density at radius 1 is 1.13 bits per heavy atom. The van der Waals surface area contributed by atoms with E-state index in [2.05, 4.69) is 15.0 Å². The zero-order chi connectivity index (χ0) is 23.3. The molecule has 0 aliphatic carbocycles. The van der Waals surface area contributed by atoms with Crippen LogP contribution in [0.1, 0.15) is 52.3 Å². The van der Waals surface area contributed by atoms with Crippen LogP contribution in [0, 0.1) is 0 Å². The monoisotopic (exact) mass is 465 g/mol. The molecule has 1 aliphatic heterocycles. The molecule has 0 bridgehead atoms. The molecular weight excluding hydrogens is 444 g/mol. The number of ether oxygens (including phenoxy) is 1. The van der Waals surface area contributed by atoms with E-state index in [-0.39, 0.29) is 6.42 Å². The van der Waals surface area contributed by atoms with Gasteiger partial charge in [0, 0.05) is 6.42 Å². The molecular formula is C16H21F6N3O4S. The zero-order valence-corrected chi connectivity index (χ0v) is 17.6. The van der Waals surface area contributed by atoms with E-state index in [1.165, 1.54) is 34.6 Å². The third kappa shape index (κ3) is 5.58. The van der Waals surface area contributed by atoms with E-state index < -0.39 is 67.9 Å². The molecule has 0 atom stereocenters. The van der Waals surface area contributed by atoms with Crippen molar-refractivity contribution in [3.63, 3.8) is 0 Å². The Morgan fingerprint density at radius 2 is 1.70 bits per heavy atom. The summed E-state index contributed by atoms with van der Waals surface area (Å²) in [6.45, 7) is 5.28. The van der Waals surface area contributed by atoms with Crippen molar-refractivity contribution in [3.05, 3.63) is 11.3 Å². The number of sulfone groups is 1. The van der Waals surface area contributed by atoms with Gasteiger partial charge in [0.05, 0.1) is 16.9 Å². The standard InChI is InChI=1S/C16H21F6N3O4S/c1-13(2,3)25-12(28-8-15(17,18)19)9(11(23-25)16(20,21)22)7-30(26,27)10-6-14(4,5)29-24-10/h6-8H2,1-5H3. The molecule has 0 radical (unpaired) electrons. The van der Waals surface area contributed by atoms with Crippen molar-refractivity contribution in [2.45, 2.75) is 70.3 Å². The van der Waals surface area contributed by atoms with Gasteiger partial charge in [-0.1, -0.05) is 5.16 Å². The van der Waals surface area contributed by atoms with E-state index in [1.807, 2.05) is 0 Å². The number of hydrogen-bond acceptors (Lipinski definition) is 6. The number of halogens is 6. The van der Waals surface area contributed by atoms with Crippen LogP contribution in [0.15, 0.2) is 5.16 Å². The normalized spacial score (nSPS) is 17.6. The van der Waals surface area contributed by atoms with Crippen LogP contribution in [0.25, 0.3) is 0 Å². The minimum atomic E-state index is -5.13. The topological polar surface area (TPSA) is 82.8 Å². The molecule has 2 heterocycles. The molecule has 1 aliphatic rings. The predicted molar refractivity (Wildman–Crippen MR) is 93.6 cm³/mol. The van der Waals surface area contributed by atoms with Crippen molar-refractivity contribution in [2.75, 3.05) is 6.61 Å². The Hall–Kier alpha value is -1.99. The van der Waals surface area contributed by atoms with Crippen molar-refractivity contribution in [1.82, 2.24) is 9.78 Å². The van der Waals surface area contributed by atoms with E-state index in [9.17, 15) is 34.8 Å². The molecule has 0 aromatic carbocycles. The van der Waals surface area contributed by atoms with Gasteiger partial charge in [0.1, 0.15) is 5.60 Å². The molecule has 0 fully saturated rings. The molecule has 0 saturated heterocycles. The zero-order valence-electron chi connectivity index (χ0n) is 16.8. The summed E-state index contributed by atoms with van der Waals surface area (Å²) >= 11 is 0. The highest BCUT2D eigenvalue weighted by Gasteiger charge is 2.45. The Balaban J connectivity index is 2.61. The summed E-state index contributed by atoms with van der Waals surface area (Å²) in [7, 11) is -4.46. The first-order chi connectivity index (χ1) is 13.2. The quantitative estimate of drug-likeness (QED) is 0.628. The van der Waals surface area contributed by atoms with Gasteiger partial charge < -0.3 is 9.57 Å². The molecule has 2 rings (SSSR count). The van der Waals surface area contributed by atoms with Crippen molar-refractivity contribution in [1.29, 1.82) is 0 Å². The summed E-state index contributed by atoms with van der Waals surface area (Å²) in [6.07, 6.45) is -10.2. The minimum Gasteiger partial charge on any atom is -0.468 e. The van der Waals surface area contributed by atoms with Gasteiger partial charge in [0.15, 0.2) is 27.2 Å². The van der Waals surface area contributed by atoms with E-state index in [0.717, 1.165) is 0 Å². The van der Waals surface area contributed by atoms with Crippen LogP contribution in [0.2, 0.25) is 0 Å². The van der Waals surface area contributed by atoms with Gasteiger partial charge in [-0.2, -0.15) is 31.4 Å². The third-order valence-electron chi connectivity index (χ3n) is 3.88. The number of alkyl halides is 6. The lowest BCUT2D eigenvalue weighted by molar-refractivity contribution is -0.155.